The predicted octanol–water partition coefficient (Wildman–Crippen LogP) is 4.25. The van der Waals surface area contributed by atoms with Gasteiger partial charge in [-0.2, -0.15) is 0 Å². The summed E-state index contributed by atoms with van der Waals surface area (Å²) in [4.78, 5) is 23.8. The minimum absolute atomic E-state index is 0.244. The van der Waals surface area contributed by atoms with Crippen molar-refractivity contribution < 1.29 is 4.79 Å². The van der Waals surface area contributed by atoms with Gasteiger partial charge >= 0.3 is 6.03 Å². The molecule has 2 aromatic carbocycles. The molecule has 0 spiro atoms. The molecule has 6 heteroatoms. The Hall–Kier alpha value is -3.15. The van der Waals surface area contributed by atoms with Gasteiger partial charge in [-0.15, -0.1) is 0 Å². The van der Waals surface area contributed by atoms with Crippen LogP contribution in [0.2, 0.25) is 0 Å². The Labute approximate surface area is 165 Å². The van der Waals surface area contributed by atoms with E-state index >= 15 is 0 Å². The Kier molecular flexibility index (Phi) is 5.37. The van der Waals surface area contributed by atoms with Crippen molar-refractivity contribution in [1.29, 1.82) is 0 Å². The molecule has 144 valence electrons. The number of benzene rings is 2. The topological polar surface area (TPSA) is 70.2 Å². The van der Waals surface area contributed by atoms with E-state index < -0.39 is 0 Å². The van der Waals surface area contributed by atoms with Gasteiger partial charge in [0.15, 0.2) is 0 Å². The lowest BCUT2D eigenvalue weighted by atomic mass is 10.1. The van der Waals surface area contributed by atoms with Gasteiger partial charge in [-0.1, -0.05) is 30.3 Å². The number of fused-ring (bicyclic) bond motifs is 1. The second-order valence-electron chi connectivity index (χ2n) is 7.22. The Morgan fingerprint density at radius 1 is 1.00 bits per heavy atom. The van der Waals surface area contributed by atoms with Crippen molar-refractivity contribution in [3.05, 3.63) is 59.9 Å². The van der Waals surface area contributed by atoms with E-state index in [0.29, 0.717) is 6.54 Å². The lowest BCUT2D eigenvalue weighted by molar-refractivity contribution is 0.251. The van der Waals surface area contributed by atoms with Crippen molar-refractivity contribution in [2.75, 3.05) is 23.3 Å². The molecule has 1 aliphatic heterocycles. The summed E-state index contributed by atoms with van der Waals surface area (Å²) in [7, 11) is 0. The smallest absolute Gasteiger partial charge is 0.319 e. The van der Waals surface area contributed by atoms with Crippen LogP contribution in [0.15, 0.2) is 48.5 Å². The molecule has 1 aliphatic rings. The van der Waals surface area contributed by atoms with Crippen LogP contribution in [0.5, 0.6) is 0 Å². The quantitative estimate of drug-likeness (QED) is 0.715. The monoisotopic (exact) mass is 375 g/mol. The molecule has 1 aromatic heterocycles. The lowest BCUT2D eigenvalue weighted by Gasteiger charge is -2.27. The van der Waals surface area contributed by atoms with Gasteiger partial charge in [-0.25, -0.2) is 14.8 Å². The number of carbonyl (C=O) groups is 1. The first-order valence-electron chi connectivity index (χ1n) is 9.80. The zero-order valence-electron chi connectivity index (χ0n) is 16.1. The summed E-state index contributed by atoms with van der Waals surface area (Å²) in [5.74, 6) is 0.770. The third-order valence-corrected chi connectivity index (χ3v) is 4.97. The van der Waals surface area contributed by atoms with Gasteiger partial charge in [0.2, 0.25) is 5.95 Å². The first-order valence-corrected chi connectivity index (χ1v) is 9.80. The molecule has 2 N–H and O–H groups in total. The average molecular weight is 375 g/mol. The second-order valence-corrected chi connectivity index (χ2v) is 7.22. The van der Waals surface area contributed by atoms with Crippen molar-refractivity contribution in [1.82, 2.24) is 15.3 Å². The van der Waals surface area contributed by atoms with Crippen LogP contribution in [0.25, 0.3) is 10.8 Å². The van der Waals surface area contributed by atoms with Gasteiger partial charge in [0.05, 0.1) is 12.2 Å². The van der Waals surface area contributed by atoms with Crippen LogP contribution in [0.3, 0.4) is 0 Å². The molecule has 6 nitrogen and oxygen atoms in total. The highest BCUT2D eigenvalue weighted by atomic mass is 16.2. The van der Waals surface area contributed by atoms with Gasteiger partial charge in [0.1, 0.15) is 0 Å². The third-order valence-electron chi connectivity index (χ3n) is 4.97. The van der Waals surface area contributed by atoms with E-state index in [4.69, 9.17) is 0 Å². The van der Waals surface area contributed by atoms with E-state index in [1.165, 1.54) is 19.3 Å². The van der Waals surface area contributed by atoms with Crippen LogP contribution in [-0.2, 0) is 6.54 Å². The van der Waals surface area contributed by atoms with Crippen LogP contribution in [0.4, 0.5) is 16.4 Å². The minimum Gasteiger partial charge on any atom is -0.341 e. The van der Waals surface area contributed by atoms with Crippen LogP contribution < -0.4 is 15.5 Å². The maximum absolute atomic E-state index is 12.3. The number of carbonyl (C=O) groups excluding carboxylic acids is 1. The molecule has 0 atom stereocenters. The van der Waals surface area contributed by atoms with Crippen LogP contribution in [0, 0.1) is 6.92 Å². The van der Waals surface area contributed by atoms with Crippen LogP contribution in [-0.4, -0.2) is 29.1 Å². The second kappa shape index (κ2) is 8.25. The number of anilines is 2. The summed E-state index contributed by atoms with van der Waals surface area (Å²) in [6, 6.07) is 15.6. The predicted molar refractivity (Wildman–Crippen MR) is 113 cm³/mol. The summed E-state index contributed by atoms with van der Waals surface area (Å²) in [6.07, 6.45) is 3.63. The van der Waals surface area contributed by atoms with E-state index in [9.17, 15) is 4.79 Å². The summed E-state index contributed by atoms with van der Waals surface area (Å²) >= 11 is 0. The molecule has 0 aliphatic carbocycles. The highest BCUT2D eigenvalue weighted by Gasteiger charge is 2.15. The number of amides is 2. The van der Waals surface area contributed by atoms with Crippen LogP contribution >= 0.6 is 0 Å². The fourth-order valence-corrected chi connectivity index (χ4v) is 3.56. The molecule has 0 radical (unpaired) electrons. The summed E-state index contributed by atoms with van der Waals surface area (Å²) in [5, 5.41) is 8.03. The molecule has 2 amide bonds. The molecule has 1 fully saturated rings. The molecule has 0 unspecified atom stereocenters. The molecule has 0 saturated carbocycles. The molecular formula is C22H25N5O. The Morgan fingerprint density at radius 3 is 2.61 bits per heavy atom. The molecule has 1 saturated heterocycles. The number of hydrogen-bond donors (Lipinski definition) is 2. The number of piperidine rings is 1. The summed E-state index contributed by atoms with van der Waals surface area (Å²) < 4.78 is 0. The van der Waals surface area contributed by atoms with E-state index in [0.717, 1.165) is 46.9 Å². The first-order chi connectivity index (χ1) is 13.7. The molecule has 2 heterocycles. The van der Waals surface area contributed by atoms with Crippen molar-refractivity contribution in [3.63, 3.8) is 0 Å². The van der Waals surface area contributed by atoms with Gasteiger partial charge in [-0.05, 0) is 55.2 Å². The highest BCUT2D eigenvalue weighted by Crippen LogP contribution is 2.19. The molecule has 3 aromatic rings. The zero-order valence-corrected chi connectivity index (χ0v) is 16.1. The number of rotatable bonds is 4. The van der Waals surface area contributed by atoms with Crippen molar-refractivity contribution >= 4 is 28.4 Å². The number of urea groups is 1. The van der Waals surface area contributed by atoms with Gasteiger partial charge < -0.3 is 15.5 Å². The van der Waals surface area contributed by atoms with E-state index in [1.807, 2.05) is 49.4 Å². The Bertz CT molecular complexity index is 982. The number of hydrogen-bond acceptors (Lipinski definition) is 4. The Morgan fingerprint density at radius 2 is 1.79 bits per heavy atom. The number of nitrogens with one attached hydrogen (secondary N) is 2. The highest BCUT2D eigenvalue weighted by molar-refractivity contribution is 5.93. The van der Waals surface area contributed by atoms with Crippen molar-refractivity contribution in [2.45, 2.75) is 32.7 Å². The SMILES string of the molecule is Cc1cc(CNC(=O)Nc2ccc3ccccc3c2)nc(N2CCCCC2)n1. The molecule has 4 rings (SSSR count). The van der Waals surface area contributed by atoms with Gasteiger partial charge in [0.25, 0.3) is 0 Å². The number of aromatic nitrogens is 2. The average Bonchev–Trinajstić information content (AvgIpc) is 2.72. The van der Waals surface area contributed by atoms with E-state index in [-0.39, 0.29) is 6.03 Å². The first kappa shape index (κ1) is 18.2. The number of nitrogens with zero attached hydrogens (tertiary/aromatic N) is 3. The van der Waals surface area contributed by atoms with Crippen LogP contribution in [0.1, 0.15) is 30.7 Å². The number of aryl methyl sites for hydroxylation is 1. The van der Waals surface area contributed by atoms with E-state index in [1.54, 1.807) is 0 Å². The largest absolute Gasteiger partial charge is 0.341 e. The molecular weight excluding hydrogens is 350 g/mol. The third kappa shape index (κ3) is 4.39. The Balaban J connectivity index is 1.39. The van der Waals surface area contributed by atoms with Gasteiger partial charge in [-0.3, -0.25) is 0 Å². The molecule has 28 heavy (non-hydrogen) atoms. The van der Waals surface area contributed by atoms with E-state index in [2.05, 4.69) is 31.6 Å². The van der Waals surface area contributed by atoms with Crippen molar-refractivity contribution in [2.24, 2.45) is 0 Å². The normalized spacial score (nSPS) is 14.1. The van der Waals surface area contributed by atoms with Crippen molar-refractivity contribution in [3.8, 4) is 0 Å². The maximum Gasteiger partial charge on any atom is 0.319 e. The minimum atomic E-state index is -0.244. The standard InChI is InChI=1S/C22H25N5O/c1-16-13-20(25-21(24-16)27-11-5-2-6-12-27)15-23-22(28)26-19-10-9-17-7-3-4-8-18(17)14-19/h3-4,7-10,13-14H,2,5-6,11-12,15H2,1H3,(H2,23,26,28). The maximum atomic E-state index is 12.3. The summed E-state index contributed by atoms with van der Waals surface area (Å²) in [5.41, 5.74) is 2.51. The molecule has 0 bridgehead atoms. The van der Waals surface area contributed by atoms with Gasteiger partial charge in [0, 0.05) is 24.5 Å². The lowest BCUT2D eigenvalue weighted by Crippen LogP contribution is -2.32. The fourth-order valence-electron chi connectivity index (χ4n) is 3.56. The summed E-state index contributed by atoms with van der Waals surface area (Å²) in [6.45, 7) is 4.33. The zero-order chi connectivity index (χ0) is 19.3. The fraction of sp³-hybridized carbons (Fsp3) is 0.318.